The van der Waals surface area contributed by atoms with Crippen LogP contribution in [0.25, 0.3) is 0 Å². The monoisotopic (exact) mass is 320 g/mol. The van der Waals surface area contributed by atoms with Crippen molar-refractivity contribution in [2.45, 2.75) is 25.7 Å². The van der Waals surface area contributed by atoms with Crippen molar-refractivity contribution in [1.82, 2.24) is 10.2 Å². The van der Waals surface area contributed by atoms with E-state index in [1.54, 1.807) is 19.2 Å². The molecule has 6 heteroatoms. The number of nitrogens with zero attached hydrogens (tertiary/aromatic N) is 2. The number of halogens is 1. The summed E-state index contributed by atoms with van der Waals surface area (Å²) in [5.41, 5.74) is 6.26. The minimum absolute atomic E-state index is 0.211. The molecule has 1 aromatic carbocycles. The molecule has 0 aliphatic carbocycles. The van der Waals surface area contributed by atoms with E-state index in [2.05, 4.69) is 15.2 Å². The van der Waals surface area contributed by atoms with Gasteiger partial charge in [-0.05, 0) is 42.9 Å². The molecule has 23 heavy (non-hydrogen) atoms. The average molecular weight is 320 g/mol. The highest BCUT2D eigenvalue weighted by atomic mass is 19.1. The summed E-state index contributed by atoms with van der Waals surface area (Å²) in [5, 5.41) is 3.32. The number of likely N-dealkylation sites (tertiary alicyclic amines) is 1. The van der Waals surface area contributed by atoms with E-state index in [4.69, 9.17) is 5.73 Å². The lowest BCUT2D eigenvalue weighted by Crippen LogP contribution is -2.47. The molecule has 1 aromatic rings. The Bertz CT molecular complexity index is 561. The lowest BCUT2D eigenvalue weighted by Gasteiger charge is -2.34. The van der Waals surface area contributed by atoms with Crippen LogP contribution in [0.3, 0.4) is 0 Å². The molecule has 1 heterocycles. The zero-order valence-corrected chi connectivity index (χ0v) is 13.6. The van der Waals surface area contributed by atoms with Crippen molar-refractivity contribution in [3.05, 3.63) is 35.6 Å². The van der Waals surface area contributed by atoms with E-state index < -0.39 is 0 Å². The Morgan fingerprint density at radius 3 is 3.04 bits per heavy atom. The summed E-state index contributed by atoms with van der Waals surface area (Å²) >= 11 is 0. The van der Waals surface area contributed by atoms with E-state index in [1.165, 1.54) is 6.07 Å². The number of aliphatic imine (C=N–C) groups is 1. The molecule has 126 valence electrons. The highest BCUT2D eigenvalue weighted by Crippen LogP contribution is 2.19. The van der Waals surface area contributed by atoms with Crippen molar-refractivity contribution in [3.8, 4) is 0 Å². The summed E-state index contributed by atoms with van der Waals surface area (Å²) in [5.74, 6) is 0.668. The van der Waals surface area contributed by atoms with Crippen LogP contribution >= 0.6 is 0 Å². The average Bonchev–Trinajstić information content (AvgIpc) is 2.51. The molecule has 0 spiro atoms. The van der Waals surface area contributed by atoms with Gasteiger partial charge in [0.05, 0.1) is 0 Å². The molecule has 1 fully saturated rings. The predicted molar refractivity (Wildman–Crippen MR) is 89.6 cm³/mol. The fraction of sp³-hybridized carbons (Fsp3) is 0.529. The number of piperidine rings is 1. The van der Waals surface area contributed by atoms with Crippen molar-refractivity contribution in [2.24, 2.45) is 16.6 Å². The number of amides is 1. The normalized spacial score (nSPS) is 18.8. The van der Waals surface area contributed by atoms with Crippen molar-refractivity contribution in [3.63, 3.8) is 0 Å². The van der Waals surface area contributed by atoms with Crippen LogP contribution in [0.2, 0.25) is 0 Å². The largest absolute Gasteiger partial charge is 0.370 e. The van der Waals surface area contributed by atoms with Crippen LogP contribution in [0.15, 0.2) is 29.3 Å². The number of guanidine groups is 1. The van der Waals surface area contributed by atoms with Gasteiger partial charge in [-0.1, -0.05) is 12.1 Å². The van der Waals surface area contributed by atoms with Crippen LogP contribution < -0.4 is 11.1 Å². The smallest absolute Gasteiger partial charge is 0.217 e. The molecule has 1 aliphatic rings. The van der Waals surface area contributed by atoms with Gasteiger partial charge in [0.15, 0.2) is 5.96 Å². The van der Waals surface area contributed by atoms with Crippen molar-refractivity contribution < 1.29 is 9.18 Å². The third kappa shape index (κ3) is 5.54. The molecule has 2 rings (SSSR count). The van der Waals surface area contributed by atoms with Crippen molar-refractivity contribution in [1.29, 1.82) is 0 Å². The molecule has 1 atom stereocenters. The molecule has 1 amide bonds. The second-order valence-electron chi connectivity index (χ2n) is 5.98. The number of nitrogens with two attached hydrogens (primary N) is 1. The maximum absolute atomic E-state index is 13.2. The van der Waals surface area contributed by atoms with Crippen LogP contribution in [0.5, 0.6) is 0 Å². The number of hydrogen-bond donors (Lipinski definition) is 2. The summed E-state index contributed by atoms with van der Waals surface area (Å²) in [6, 6.07) is 6.63. The van der Waals surface area contributed by atoms with Gasteiger partial charge >= 0.3 is 0 Å². The van der Waals surface area contributed by atoms with Crippen LogP contribution in [0, 0.1) is 11.7 Å². The molecule has 1 saturated heterocycles. The number of hydrogen-bond acceptors (Lipinski definition) is 2. The zero-order chi connectivity index (χ0) is 16.7. The number of carbonyl (C=O) groups excluding carboxylic acids is 1. The maximum Gasteiger partial charge on any atom is 0.217 e. The van der Waals surface area contributed by atoms with E-state index >= 15 is 0 Å². The lowest BCUT2D eigenvalue weighted by atomic mass is 9.95. The van der Waals surface area contributed by atoms with Gasteiger partial charge in [0.1, 0.15) is 5.82 Å². The van der Waals surface area contributed by atoms with Crippen LogP contribution in [-0.4, -0.2) is 43.4 Å². The third-order valence-electron chi connectivity index (χ3n) is 4.11. The number of benzene rings is 1. The van der Waals surface area contributed by atoms with E-state index in [-0.39, 0.29) is 11.7 Å². The predicted octanol–water partition coefficient (Wildman–Crippen LogP) is 1.53. The first kappa shape index (κ1) is 17.2. The molecule has 1 unspecified atom stereocenters. The SMILES string of the molecule is CN=C(NCCc1cccc(F)c1)N1CCCC(CC(N)=O)C1. The third-order valence-corrected chi connectivity index (χ3v) is 4.11. The Hall–Kier alpha value is -2.11. The summed E-state index contributed by atoms with van der Waals surface area (Å²) < 4.78 is 13.2. The van der Waals surface area contributed by atoms with E-state index in [9.17, 15) is 9.18 Å². The van der Waals surface area contributed by atoms with Crippen LogP contribution in [-0.2, 0) is 11.2 Å². The summed E-state index contributed by atoms with van der Waals surface area (Å²) in [6.45, 7) is 2.41. The second kappa shape index (κ2) is 8.50. The number of carbonyl (C=O) groups is 1. The first-order chi connectivity index (χ1) is 11.1. The number of rotatable bonds is 5. The Labute approximate surface area is 136 Å². The maximum atomic E-state index is 13.2. The summed E-state index contributed by atoms with van der Waals surface area (Å²) in [7, 11) is 1.75. The Balaban J connectivity index is 1.83. The highest BCUT2D eigenvalue weighted by Gasteiger charge is 2.23. The topological polar surface area (TPSA) is 70.7 Å². The van der Waals surface area contributed by atoms with E-state index in [1.807, 2.05) is 6.07 Å². The highest BCUT2D eigenvalue weighted by molar-refractivity contribution is 5.80. The van der Waals surface area contributed by atoms with Gasteiger partial charge in [0.2, 0.25) is 5.91 Å². The molecule has 3 N–H and O–H groups in total. The molecule has 0 radical (unpaired) electrons. The first-order valence-electron chi connectivity index (χ1n) is 8.07. The van der Waals surface area contributed by atoms with Gasteiger partial charge in [-0.3, -0.25) is 9.79 Å². The van der Waals surface area contributed by atoms with E-state index in [0.717, 1.165) is 43.9 Å². The van der Waals surface area contributed by atoms with Gasteiger partial charge in [0, 0.05) is 33.1 Å². The lowest BCUT2D eigenvalue weighted by molar-refractivity contribution is -0.119. The molecular formula is C17H25FN4O. The minimum Gasteiger partial charge on any atom is -0.370 e. The first-order valence-corrected chi connectivity index (χ1v) is 8.07. The van der Waals surface area contributed by atoms with Gasteiger partial charge in [0.25, 0.3) is 0 Å². The molecule has 0 aromatic heterocycles. The Morgan fingerprint density at radius 2 is 2.35 bits per heavy atom. The summed E-state index contributed by atoms with van der Waals surface area (Å²) in [4.78, 5) is 17.6. The zero-order valence-electron chi connectivity index (χ0n) is 13.6. The Kier molecular flexibility index (Phi) is 6.38. The van der Waals surface area contributed by atoms with Crippen LogP contribution in [0.1, 0.15) is 24.8 Å². The Morgan fingerprint density at radius 1 is 1.52 bits per heavy atom. The van der Waals surface area contributed by atoms with Gasteiger partial charge < -0.3 is 16.0 Å². The fourth-order valence-electron chi connectivity index (χ4n) is 3.05. The molecule has 0 saturated carbocycles. The van der Waals surface area contributed by atoms with Gasteiger partial charge in [-0.15, -0.1) is 0 Å². The number of primary amides is 1. The van der Waals surface area contributed by atoms with Gasteiger partial charge in [-0.2, -0.15) is 0 Å². The second-order valence-corrected chi connectivity index (χ2v) is 5.98. The summed E-state index contributed by atoms with van der Waals surface area (Å²) in [6.07, 6.45) is 3.22. The van der Waals surface area contributed by atoms with Crippen LogP contribution in [0.4, 0.5) is 4.39 Å². The minimum atomic E-state index is -0.245. The molecule has 0 bridgehead atoms. The quantitative estimate of drug-likeness (QED) is 0.638. The number of nitrogens with one attached hydrogen (secondary N) is 1. The van der Waals surface area contributed by atoms with Gasteiger partial charge in [-0.25, -0.2) is 4.39 Å². The molecule has 5 nitrogen and oxygen atoms in total. The molecule has 1 aliphatic heterocycles. The van der Waals surface area contributed by atoms with Crippen molar-refractivity contribution in [2.75, 3.05) is 26.7 Å². The standard InChI is InChI=1S/C17H25FN4O/c1-20-17(21-8-7-13-4-2-6-15(18)10-13)22-9-3-5-14(12-22)11-16(19)23/h2,4,6,10,14H,3,5,7-9,11-12H2,1H3,(H2,19,23)(H,20,21). The fourth-order valence-corrected chi connectivity index (χ4v) is 3.05. The molecular weight excluding hydrogens is 295 g/mol. The van der Waals surface area contributed by atoms with Crippen molar-refractivity contribution >= 4 is 11.9 Å². The van der Waals surface area contributed by atoms with E-state index in [0.29, 0.717) is 18.9 Å².